The van der Waals surface area contributed by atoms with Crippen LogP contribution in [-0.4, -0.2) is 48.1 Å². The number of hydrogen-bond donors (Lipinski definition) is 0. The molecule has 0 radical (unpaired) electrons. The van der Waals surface area contributed by atoms with E-state index in [1.807, 2.05) is 11.9 Å². The quantitative estimate of drug-likeness (QED) is 0.733. The fourth-order valence-corrected chi connectivity index (χ4v) is 3.00. The minimum atomic E-state index is -4.62. The first-order chi connectivity index (χ1) is 12.0. The Bertz CT molecular complexity index is 603. The number of benzene rings is 1. The van der Waals surface area contributed by atoms with Crippen molar-refractivity contribution in [1.82, 2.24) is 9.80 Å². The van der Waals surface area contributed by atoms with E-state index >= 15 is 0 Å². The first-order valence-electron chi connectivity index (χ1n) is 8.16. The summed E-state index contributed by atoms with van der Waals surface area (Å²) in [6.07, 6.45) is -9.62. The maximum absolute atomic E-state index is 12.6. The molecule has 0 bridgehead atoms. The maximum Gasteiger partial charge on any atom is 0.416 e. The van der Waals surface area contributed by atoms with Crippen molar-refractivity contribution in [2.24, 2.45) is 0 Å². The Morgan fingerprint density at radius 3 is 2.08 bits per heavy atom. The number of halogens is 6. The third-order valence-corrected chi connectivity index (χ3v) is 4.44. The number of nitrogens with zero attached hydrogens (tertiary/aromatic N) is 2. The lowest BCUT2D eigenvalue weighted by Gasteiger charge is -2.37. The molecule has 0 aliphatic carbocycles. The highest BCUT2D eigenvalue weighted by molar-refractivity contribution is 5.77. The van der Waals surface area contributed by atoms with Crippen molar-refractivity contribution in [2.45, 2.75) is 44.2 Å². The standard InChI is InChI=1S/C17H20F6N2O/c1-24-8-6-14(7-9-24)25(15(26)10-16(18,19)20)11-12-2-4-13(5-3-12)17(21,22)23/h2-5,14H,6-11H2,1H3. The van der Waals surface area contributed by atoms with Crippen LogP contribution in [0.3, 0.4) is 0 Å². The molecule has 0 atom stereocenters. The van der Waals surface area contributed by atoms with Crippen molar-refractivity contribution >= 4 is 5.91 Å². The topological polar surface area (TPSA) is 23.6 Å². The molecular weight excluding hydrogens is 362 g/mol. The van der Waals surface area contributed by atoms with E-state index in [4.69, 9.17) is 0 Å². The lowest BCUT2D eigenvalue weighted by atomic mass is 10.0. The van der Waals surface area contributed by atoms with Gasteiger partial charge in [0.15, 0.2) is 0 Å². The highest BCUT2D eigenvalue weighted by Crippen LogP contribution is 2.30. The van der Waals surface area contributed by atoms with Crippen LogP contribution in [0.25, 0.3) is 0 Å². The number of hydrogen-bond acceptors (Lipinski definition) is 2. The Morgan fingerprint density at radius 2 is 1.62 bits per heavy atom. The molecule has 2 rings (SSSR count). The van der Waals surface area contributed by atoms with E-state index in [1.165, 1.54) is 12.1 Å². The molecule has 0 spiro atoms. The lowest BCUT2D eigenvalue weighted by molar-refractivity contribution is -0.164. The fraction of sp³-hybridized carbons (Fsp3) is 0.588. The number of carbonyl (C=O) groups is 1. The van der Waals surface area contributed by atoms with Crippen LogP contribution in [0.1, 0.15) is 30.4 Å². The van der Waals surface area contributed by atoms with Gasteiger partial charge in [-0.05, 0) is 50.7 Å². The zero-order valence-corrected chi connectivity index (χ0v) is 14.2. The van der Waals surface area contributed by atoms with Crippen LogP contribution >= 0.6 is 0 Å². The predicted octanol–water partition coefficient (Wildman–Crippen LogP) is 4.08. The van der Waals surface area contributed by atoms with Crippen molar-refractivity contribution in [3.05, 3.63) is 35.4 Å². The van der Waals surface area contributed by atoms with E-state index in [2.05, 4.69) is 0 Å². The number of likely N-dealkylation sites (tertiary alicyclic amines) is 1. The van der Waals surface area contributed by atoms with Crippen LogP contribution < -0.4 is 0 Å². The molecule has 0 aromatic heterocycles. The van der Waals surface area contributed by atoms with Gasteiger partial charge in [-0.2, -0.15) is 26.3 Å². The summed E-state index contributed by atoms with van der Waals surface area (Å²) < 4.78 is 75.8. The molecule has 0 unspecified atom stereocenters. The van der Waals surface area contributed by atoms with Gasteiger partial charge in [-0.25, -0.2) is 0 Å². The van der Waals surface area contributed by atoms with Crippen LogP contribution in [0.5, 0.6) is 0 Å². The van der Waals surface area contributed by atoms with Crippen LogP contribution in [0, 0.1) is 0 Å². The highest BCUT2D eigenvalue weighted by Gasteiger charge is 2.36. The summed E-state index contributed by atoms with van der Waals surface area (Å²) in [6, 6.07) is 3.78. The van der Waals surface area contributed by atoms with Crippen LogP contribution in [0.15, 0.2) is 24.3 Å². The van der Waals surface area contributed by atoms with Crippen LogP contribution in [0.2, 0.25) is 0 Å². The summed E-state index contributed by atoms with van der Waals surface area (Å²) in [7, 11) is 1.88. The second-order valence-electron chi connectivity index (χ2n) is 6.54. The summed E-state index contributed by atoms with van der Waals surface area (Å²) in [4.78, 5) is 15.4. The Kier molecular flexibility index (Phi) is 6.21. The average Bonchev–Trinajstić information content (AvgIpc) is 2.51. The molecule has 0 N–H and O–H groups in total. The maximum atomic E-state index is 12.6. The first-order valence-corrected chi connectivity index (χ1v) is 8.16. The molecule has 0 saturated carbocycles. The molecule has 1 saturated heterocycles. The first kappa shape index (κ1) is 20.5. The molecule has 1 aromatic carbocycles. The molecule has 1 aliphatic rings. The third kappa shape index (κ3) is 5.89. The Hall–Kier alpha value is -1.77. The van der Waals surface area contributed by atoms with Gasteiger partial charge in [0.1, 0.15) is 6.42 Å². The van der Waals surface area contributed by atoms with Crippen molar-refractivity contribution < 1.29 is 31.1 Å². The monoisotopic (exact) mass is 382 g/mol. The van der Waals surface area contributed by atoms with E-state index in [0.717, 1.165) is 17.0 Å². The van der Waals surface area contributed by atoms with Crippen molar-refractivity contribution in [3.8, 4) is 0 Å². The van der Waals surface area contributed by atoms with Crippen molar-refractivity contribution in [3.63, 3.8) is 0 Å². The smallest absolute Gasteiger partial charge is 0.335 e. The van der Waals surface area contributed by atoms with E-state index in [9.17, 15) is 31.1 Å². The highest BCUT2D eigenvalue weighted by atomic mass is 19.4. The Labute approximate surface area is 147 Å². The second-order valence-corrected chi connectivity index (χ2v) is 6.54. The van der Waals surface area contributed by atoms with E-state index in [1.54, 1.807) is 0 Å². The van der Waals surface area contributed by atoms with Gasteiger partial charge >= 0.3 is 12.4 Å². The molecule has 3 nitrogen and oxygen atoms in total. The van der Waals surface area contributed by atoms with E-state index < -0.39 is 30.2 Å². The SMILES string of the molecule is CN1CCC(N(Cc2ccc(C(F)(F)F)cc2)C(=O)CC(F)(F)F)CC1. The summed E-state index contributed by atoms with van der Waals surface area (Å²) in [5, 5.41) is 0. The number of amides is 1. The predicted molar refractivity (Wildman–Crippen MR) is 83.2 cm³/mol. The van der Waals surface area contributed by atoms with Crippen molar-refractivity contribution in [1.29, 1.82) is 0 Å². The summed E-state index contributed by atoms with van der Waals surface area (Å²) in [5.41, 5.74) is -0.471. The van der Waals surface area contributed by atoms with Gasteiger partial charge in [-0.15, -0.1) is 0 Å². The van der Waals surface area contributed by atoms with Gasteiger partial charge in [0.2, 0.25) is 5.91 Å². The fourth-order valence-electron chi connectivity index (χ4n) is 3.00. The molecule has 1 fully saturated rings. The molecule has 1 aromatic rings. The molecule has 9 heteroatoms. The number of alkyl halides is 6. The Morgan fingerprint density at radius 1 is 1.08 bits per heavy atom. The lowest BCUT2D eigenvalue weighted by Crippen LogP contribution is -2.47. The van der Waals surface area contributed by atoms with Gasteiger partial charge in [0.25, 0.3) is 0 Å². The normalized spacial score (nSPS) is 17.3. The Balaban J connectivity index is 2.16. The van der Waals surface area contributed by atoms with E-state index in [0.29, 0.717) is 31.5 Å². The largest absolute Gasteiger partial charge is 0.416 e. The molecule has 1 amide bonds. The van der Waals surface area contributed by atoms with E-state index in [-0.39, 0.29) is 12.6 Å². The molecule has 1 heterocycles. The molecule has 26 heavy (non-hydrogen) atoms. The number of rotatable bonds is 4. The van der Waals surface area contributed by atoms with Gasteiger partial charge in [-0.3, -0.25) is 4.79 Å². The zero-order valence-electron chi connectivity index (χ0n) is 14.2. The van der Waals surface area contributed by atoms with Crippen LogP contribution in [-0.2, 0) is 17.5 Å². The third-order valence-electron chi connectivity index (χ3n) is 4.44. The summed E-state index contributed by atoms with van der Waals surface area (Å²) in [5.74, 6) is -1.05. The second kappa shape index (κ2) is 7.85. The number of carbonyl (C=O) groups excluding carboxylic acids is 1. The average molecular weight is 382 g/mol. The number of piperidine rings is 1. The van der Waals surface area contributed by atoms with Gasteiger partial charge in [-0.1, -0.05) is 12.1 Å². The minimum absolute atomic E-state index is 0.137. The summed E-state index contributed by atoms with van der Waals surface area (Å²) in [6.45, 7) is 1.16. The van der Waals surface area contributed by atoms with Crippen LogP contribution in [0.4, 0.5) is 26.3 Å². The molecule has 146 valence electrons. The molecular formula is C17H20F6N2O. The molecule has 1 aliphatic heterocycles. The minimum Gasteiger partial charge on any atom is -0.335 e. The van der Waals surface area contributed by atoms with Gasteiger partial charge in [0, 0.05) is 12.6 Å². The van der Waals surface area contributed by atoms with Crippen molar-refractivity contribution in [2.75, 3.05) is 20.1 Å². The van der Waals surface area contributed by atoms with Gasteiger partial charge < -0.3 is 9.80 Å². The zero-order chi connectivity index (χ0) is 19.5. The van der Waals surface area contributed by atoms with Gasteiger partial charge in [0.05, 0.1) is 5.56 Å². The summed E-state index contributed by atoms with van der Waals surface area (Å²) >= 11 is 0.